The lowest BCUT2D eigenvalue weighted by molar-refractivity contribution is 0.303. The number of hydrogen-bond donors (Lipinski definition) is 0. The minimum atomic E-state index is 0.786. The molecule has 2 heterocycles. The van der Waals surface area contributed by atoms with Gasteiger partial charge in [0.25, 0.3) is 0 Å². The van der Waals surface area contributed by atoms with Crippen LogP contribution in [0.2, 0.25) is 0 Å². The maximum absolute atomic E-state index is 6.28. The molecule has 0 unspecified atom stereocenters. The van der Waals surface area contributed by atoms with Gasteiger partial charge in [-0.25, -0.2) is 0 Å². The first-order chi connectivity index (χ1) is 16.3. The zero-order valence-corrected chi connectivity index (χ0v) is 21.6. The van der Waals surface area contributed by atoms with Crippen LogP contribution in [0.3, 0.4) is 0 Å². The molecule has 0 aliphatic rings. The van der Waals surface area contributed by atoms with E-state index in [0.717, 1.165) is 24.3 Å². The fraction of sp³-hybridized carbons (Fsp3) is 0.400. The molecule has 0 aliphatic carbocycles. The summed E-state index contributed by atoms with van der Waals surface area (Å²) >= 11 is 3.51. The van der Waals surface area contributed by atoms with Gasteiger partial charge in [0.1, 0.15) is 5.75 Å². The van der Waals surface area contributed by atoms with Crippen molar-refractivity contribution in [3.8, 4) is 5.75 Å². The molecule has 0 aliphatic heterocycles. The molecular weight excluding hydrogens is 440 g/mol. The second-order valence-corrected chi connectivity index (χ2v) is 10.5. The van der Waals surface area contributed by atoms with Crippen LogP contribution in [0.15, 0.2) is 53.2 Å². The highest BCUT2D eigenvalue weighted by atomic mass is 32.1. The van der Waals surface area contributed by atoms with Crippen molar-refractivity contribution < 1.29 is 4.74 Å². The maximum atomic E-state index is 6.28. The van der Waals surface area contributed by atoms with Gasteiger partial charge >= 0.3 is 0 Å². The van der Waals surface area contributed by atoms with Crippen LogP contribution in [-0.2, 0) is 0 Å². The van der Waals surface area contributed by atoms with Gasteiger partial charge < -0.3 is 4.74 Å². The smallest absolute Gasteiger partial charge is 0.127 e. The van der Waals surface area contributed by atoms with Crippen LogP contribution in [-0.4, -0.2) is 6.61 Å². The minimum absolute atomic E-state index is 0.786. The number of benzene rings is 1. The van der Waals surface area contributed by atoms with Crippen LogP contribution in [0.4, 0.5) is 0 Å². The second kappa shape index (κ2) is 15.7. The van der Waals surface area contributed by atoms with Crippen molar-refractivity contribution in [1.82, 2.24) is 0 Å². The lowest BCUT2D eigenvalue weighted by Crippen LogP contribution is -1.99. The lowest BCUT2D eigenvalue weighted by atomic mass is 10.1. The Morgan fingerprint density at radius 1 is 0.667 bits per heavy atom. The zero-order chi connectivity index (χ0) is 23.0. The molecular formula is C30H38OS2. The maximum Gasteiger partial charge on any atom is 0.127 e. The van der Waals surface area contributed by atoms with Crippen molar-refractivity contribution >= 4 is 47.0 Å². The van der Waals surface area contributed by atoms with Crippen molar-refractivity contribution in [3.05, 3.63) is 74.1 Å². The van der Waals surface area contributed by atoms with Crippen LogP contribution in [0.1, 0.15) is 92.0 Å². The van der Waals surface area contributed by atoms with E-state index >= 15 is 0 Å². The van der Waals surface area contributed by atoms with Gasteiger partial charge in [0.2, 0.25) is 0 Å². The third-order valence-electron chi connectivity index (χ3n) is 5.75. The van der Waals surface area contributed by atoms with Gasteiger partial charge in [-0.15, -0.1) is 22.7 Å². The van der Waals surface area contributed by atoms with Crippen molar-refractivity contribution in [2.45, 2.75) is 71.1 Å². The summed E-state index contributed by atoms with van der Waals surface area (Å²) in [6, 6.07) is 15.0. The quantitative estimate of drug-likeness (QED) is 0.186. The Hall–Kier alpha value is -2.10. The Labute approximate surface area is 208 Å². The van der Waals surface area contributed by atoms with Crippen LogP contribution in [0, 0.1) is 0 Å². The van der Waals surface area contributed by atoms with Gasteiger partial charge in [0.15, 0.2) is 0 Å². The summed E-state index contributed by atoms with van der Waals surface area (Å²) in [5.74, 6) is 0.979. The zero-order valence-electron chi connectivity index (χ0n) is 20.0. The summed E-state index contributed by atoms with van der Waals surface area (Å²) in [7, 11) is 0. The molecule has 0 spiro atoms. The SMILES string of the molecule is CCCCCCCCCCCCOc1cc(/C=C/c2cccs2)ccc1/C=C\c1cccs1. The van der Waals surface area contributed by atoms with Crippen molar-refractivity contribution in [1.29, 1.82) is 0 Å². The first-order valence-electron chi connectivity index (χ1n) is 12.5. The highest BCUT2D eigenvalue weighted by molar-refractivity contribution is 7.11. The van der Waals surface area contributed by atoms with E-state index in [1.165, 1.54) is 73.1 Å². The van der Waals surface area contributed by atoms with Gasteiger partial charge in [-0.1, -0.05) is 95.1 Å². The van der Waals surface area contributed by atoms with Crippen LogP contribution in [0.25, 0.3) is 24.3 Å². The molecule has 1 aromatic carbocycles. The van der Waals surface area contributed by atoms with Crippen molar-refractivity contribution in [2.75, 3.05) is 6.61 Å². The fourth-order valence-corrected chi connectivity index (χ4v) is 5.05. The Balaban J connectivity index is 1.48. The molecule has 3 heteroatoms. The third-order valence-corrected chi connectivity index (χ3v) is 7.42. The largest absolute Gasteiger partial charge is 0.493 e. The number of thiophene rings is 2. The highest BCUT2D eigenvalue weighted by Crippen LogP contribution is 2.26. The number of rotatable bonds is 16. The first-order valence-corrected chi connectivity index (χ1v) is 14.3. The number of hydrogen-bond acceptors (Lipinski definition) is 3. The molecule has 0 atom stereocenters. The first kappa shape index (κ1) is 25.5. The van der Waals surface area contributed by atoms with E-state index < -0.39 is 0 Å². The highest BCUT2D eigenvalue weighted by Gasteiger charge is 2.03. The van der Waals surface area contributed by atoms with E-state index in [2.05, 4.69) is 84.5 Å². The van der Waals surface area contributed by atoms with E-state index in [9.17, 15) is 0 Å². The summed E-state index contributed by atoms with van der Waals surface area (Å²) < 4.78 is 6.28. The summed E-state index contributed by atoms with van der Waals surface area (Å²) in [5.41, 5.74) is 2.32. The second-order valence-electron chi connectivity index (χ2n) is 8.53. The summed E-state index contributed by atoms with van der Waals surface area (Å²) in [6.07, 6.45) is 22.1. The minimum Gasteiger partial charge on any atom is -0.493 e. The Morgan fingerprint density at radius 3 is 1.88 bits per heavy atom. The van der Waals surface area contributed by atoms with E-state index in [4.69, 9.17) is 4.74 Å². The topological polar surface area (TPSA) is 9.23 Å². The summed E-state index contributed by atoms with van der Waals surface area (Å²) in [4.78, 5) is 2.53. The Bertz CT molecular complexity index is 936. The molecule has 0 fully saturated rings. The average Bonchev–Trinajstić information content (AvgIpc) is 3.55. The van der Waals surface area contributed by atoms with Gasteiger partial charge in [0.05, 0.1) is 6.61 Å². The lowest BCUT2D eigenvalue weighted by Gasteiger charge is -2.11. The fourth-order valence-electron chi connectivity index (χ4n) is 3.81. The molecule has 0 bridgehead atoms. The third kappa shape index (κ3) is 10.1. The summed E-state index contributed by atoms with van der Waals surface area (Å²) in [5, 5.41) is 4.22. The molecule has 3 rings (SSSR count). The van der Waals surface area contributed by atoms with Gasteiger partial charge in [-0.2, -0.15) is 0 Å². The Kier molecular flexibility index (Phi) is 12.1. The van der Waals surface area contributed by atoms with E-state index in [1.807, 2.05) is 0 Å². The molecule has 176 valence electrons. The molecule has 33 heavy (non-hydrogen) atoms. The van der Waals surface area contributed by atoms with Crippen LogP contribution < -0.4 is 4.74 Å². The molecule has 0 N–H and O–H groups in total. The Morgan fingerprint density at radius 2 is 1.27 bits per heavy atom. The van der Waals surface area contributed by atoms with Crippen LogP contribution in [0.5, 0.6) is 5.75 Å². The molecule has 0 radical (unpaired) electrons. The molecule has 0 saturated carbocycles. The van der Waals surface area contributed by atoms with E-state index in [-0.39, 0.29) is 0 Å². The molecule has 3 aromatic rings. The standard InChI is InChI=1S/C30H38OS2/c1-2-3-4-5-6-7-8-9-10-11-22-31-30-25-26(17-20-28-14-12-23-32-28)16-18-27(30)19-21-29-15-13-24-33-29/h12-21,23-25H,2-11,22H2,1H3/b20-17+,21-19-. The normalized spacial score (nSPS) is 11.7. The van der Waals surface area contributed by atoms with Crippen LogP contribution >= 0.6 is 22.7 Å². The van der Waals surface area contributed by atoms with Crippen molar-refractivity contribution in [3.63, 3.8) is 0 Å². The van der Waals surface area contributed by atoms with E-state index in [0.29, 0.717) is 0 Å². The van der Waals surface area contributed by atoms with E-state index in [1.54, 1.807) is 22.7 Å². The summed E-state index contributed by atoms with van der Waals surface area (Å²) in [6.45, 7) is 3.07. The molecule has 0 saturated heterocycles. The predicted molar refractivity (Wildman–Crippen MR) is 150 cm³/mol. The number of ether oxygens (including phenoxy) is 1. The molecule has 0 amide bonds. The molecule has 1 nitrogen and oxygen atoms in total. The average molecular weight is 479 g/mol. The van der Waals surface area contributed by atoms with Gasteiger partial charge in [0, 0.05) is 15.3 Å². The number of unbranched alkanes of at least 4 members (excludes halogenated alkanes) is 9. The molecule has 2 aromatic heterocycles. The monoisotopic (exact) mass is 478 g/mol. The van der Waals surface area contributed by atoms with Gasteiger partial charge in [-0.3, -0.25) is 0 Å². The van der Waals surface area contributed by atoms with Gasteiger partial charge in [-0.05, 0) is 59.2 Å². The van der Waals surface area contributed by atoms with Crippen molar-refractivity contribution in [2.24, 2.45) is 0 Å². The predicted octanol–water partition coefficient (Wildman–Crippen LogP) is 10.5.